The summed E-state index contributed by atoms with van der Waals surface area (Å²) in [4.78, 5) is 10.7. The molecule has 0 rings (SSSR count). The van der Waals surface area contributed by atoms with Crippen molar-refractivity contribution in [1.82, 2.24) is 5.32 Å². The summed E-state index contributed by atoms with van der Waals surface area (Å²) in [5.41, 5.74) is -0.489. The summed E-state index contributed by atoms with van der Waals surface area (Å²) in [5, 5.41) is 12.0. The van der Waals surface area contributed by atoms with Crippen LogP contribution in [0.2, 0.25) is 0 Å². The average molecular weight is 203 g/mol. The van der Waals surface area contributed by atoms with Crippen LogP contribution in [0, 0.1) is 0 Å². The highest BCUT2D eigenvalue weighted by Gasteiger charge is 2.33. The number of methoxy groups -OCH3 is 1. The molecule has 0 aliphatic rings. The van der Waals surface area contributed by atoms with Crippen LogP contribution in [0.5, 0.6) is 0 Å². The fourth-order valence-electron chi connectivity index (χ4n) is 1.33. The zero-order valence-corrected chi connectivity index (χ0v) is 9.46. The van der Waals surface area contributed by atoms with E-state index in [0.717, 1.165) is 13.0 Å². The molecule has 4 nitrogen and oxygen atoms in total. The summed E-state index contributed by atoms with van der Waals surface area (Å²) in [6.45, 7) is 6.61. The van der Waals surface area contributed by atoms with Gasteiger partial charge in [-0.2, -0.15) is 0 Å². The number of carboxylic acid groups (broad SMARTS) is 1. The second kappa shape index (κ2) is 5.98. The summed E-state index contributed by atoms with van der Waals surface area (Å²) in [6, 6.07) is 0. The maximum absolute atomic E-state index is 10.7. The van der Waals surface area contributed by atoms with E-state index in [2.05, 4.69) is 5.32 Å². The van der Waals surface area contributed by atoms with Gasteiger partial charge in [0.1, 0.15) is 0 Å². The molecule has 0 aliphatic carbocycles. The van der Waals surface area contributed by atoms with Crippen molar-refractivity contribution in [1.29, 1.82) is 0 Å². The third-order valence-electron chi connectivity index (χ3n) is 2.55. The van der Waals surface area contributed by atoms with Gasteiger partial charge >= 0.3 is 5.97 Å². The highest BCUT2D eigenvalue weighted by Crippen LogP contribution is 2.17. The van der Waals surface area contributed by atoms with Crippen molar-refractivity contribution in [2.24, 2.45) is 0 Å². The molecule has 14 heavy (non-hydrogen) atoms. The largest absolute Gasteiger partial charge is 0.481 e. The summed E-state index contributed by atoms with van der Waals surface area (Å²) >= 11 is 0. The molecular formula is C10H21NO3. The van der Waals surface area contributed by atoms with Crippen LogP contribution < -0.4 is 5.32 Å². The highest BCUT2D eigenvalue weighted by atomic mass is 16.5. The molecule has 0 radical (unpaired) electrons. The van der Waals surface area contributed by atoms with E-state index in [1.165, 1.54) is 0 Å². The van der Waals surface area contributed by atoms with Crippen LogP contribution in [0.3, 0.4) is 0 Å². The second-order valence-electron chi connectivity index (χ2n) is 3.79. The number of hydrogen-bond acceptors (Lipinski definition) is 3. The smallest absolute Gasteiger partial charge is 0.305 e. The third kappa shape index (κ3) is 4.07. The Kier molecular flexibility index (Phi) is 5.72. The number of carbonyl (C=O) groups is 1. The minimum atomic E-state index is -0.806. The first-order chi connectivity index (χ1) is 6.46. The van der Waals surface area contributed by atoms with E-state index in [9.17, 15) is 4.79 Å². The molecule has 0 aromatic heterocycles. The van der Waals surface area contributed by atoms with Gasteiger partial charge in [-0.1, -0.05) is 6.92 Å². The molecule has 0 saturated carbocycles. The number of hydrogen-bond donors (Lipinski definition) is 2. The van der Waals surface area contributed by atoms with Gasteiger partial charge in [0.05, 0.1) is 18.1 Å². The minimum absolute atomic E-state index is 0.0714. The van der Waals surface area contributed by atoms with Gasteiger partial charge in [-0.15, -0.1) is 0 Å². The van der Waals surface area contributed by atoms with E-state index >= 15 is 0 Å². The Morgan fingerprint density at radius 2 is 2.21 bits per heavy atom. The molecule has 0 saturated heterocycles. The molecule has 0 bridgehead atoms. The molecule has 4 heteroatoms. The monoisotopic (exact) mass is 203 g/mol. The molecule has 0 aromatic rings. The quantitative estimate of drug-likeness (QED) is 0.654. The number of ether oxygens (including phenoxy) is 1. The molecule has 0 amide bonds. The predicted octanol–water partition coefficient (Wildman–Crippen LogP) is 1.25. The Labute approximate surface area is 85.6 Å². The van der Waals surface area contributed by atoms with E-state index in [-0.39, 0.29) is 12.5 Å². The molecule has 0 heterocycles. The zero-order chi connectivity index (χ0) is 11.2. The summed E-state index contributed by atoms with van der Waals surface area (Å²) < 4.78 is 5.19. The lowest BCUT2D eigenvalue weighted by Crippen LogP contribution is -2.53. The fraction of sp³-hybridized carbons (Fsp3) is 0.900. The lowest BCUT2D eigenvalue weighted by Gasteiger charge is -2.34. The SMILES string of the molecule is CCCNC(C)(CC(=O)O)C(C)OC. The van der Waals surface area contributed by atoms with Crippen LogP contribution in [0.15, 0.2) is 0 Å². The van der Waals surface area contributed by atoms with E-state index < -0.39 is 11.5 Å². The Bertz CT molecular complexity index is 184. The number of rotatable bonds is 7. The van der Waals surface area contributed by atoms with Crippen LogP contribution >= 0.6 is 0 Å². The number of nitrogens with one attached hydrogen (secondary N) is 1. The van der Waals surface area contributed by atoms with Gasteiger partial charge in [-0.3, -0.25) is 4.79 Å². The molecule has 0 aliphatic heterocycles. The van der Waals surface area contributed by atoms with Gasteiger partial charge < -0.3 is 15.2 Å². The van der Waals surface area contributed by atoms with Gasteiger partial charge in [0.2, 0.25) is 0 Å². The number of aliphatic carboxylic acids is 1. The lowest BCUT2D eigenvalue weighted by molar-refractivity contribution is -0.140. The van der Waals surface area contributed by atoms with Gasteiger partial charge in [0, 0.05) is 7.11 Å². The normalized spacial score (nSPS) is 17.4. The van der Waals surface area contributed by atoms with E-state index in [4.69, 9.17) is 9.84 Å². The highest BCUT2D eigenvalue weighted by molar-refractivity contribution is 5.68. The lowest BCUT2D eigenvalue weighted by atomic mass is 9.91. The molecular weight excluding hydrogens is 182 g/mol. The van der Waals surface area contributed by atoms with Gasteiger partial charge in [0.25, 0.3) is 0 Å². The third-order valence-corrected chi connectivity index (χ3v) is 2.55. The maximum atomic E-state index is 10.7. The molecule has 2 N–H and O–H groups in total. The van der Waals surface area contributed by atoms with Crippen molar-refractivity contribution in [3.63, 3.8) is 0 Å². The van der Waals surface area contributed by atoms with E-state index in [1.807, 2.05) is 20.8 Å². The fourth-order valence-corrected chi connectivity index (χ4v) is 1.33. The Hall–Kier alpha value is -0.610. The first kappa shape index (κ1) is 13.4. The van der Waals surface area contributed by atoms with E-state index in [0.29, 0.717) is 0 Å². The Morgan fingerprint density at radius 3 is 2.57 bits per heavy atom. The van der Waals surface area contributed by atoms with Crippen LogP contribution in [0.25, 0.3) is 0 Å². The van der Waals surface area contributed by atoms with Gasteiger partial charge in [-0.25, -0.2) is 0 Å². The van der Waals surface area contributed by atoms with Crippen molar-refractivity contribution >= 4 is 5.97 Å². The Balaban J connectivity index is 4.39. The zero-order valence-electron chi connectivity index (χ0n) is 9.46. The maximum Gasteiger partial charge on any atom is 0.305 e. The first-order valence-corrected chi connectivity index (χ1v) is 4.96. The summed E-state index contributed by atoms with van der Waals surface area (Å²) in [7, 11) is 1.60. The van der Waals surface area contributed by atoms with Crippen LogP contribution in [0.1, 0.15) is 33.6 Å². The molecule has 0 spiro atoms. The molecule has 2 atom stereocenters. The van der Waals surface area contributed by atoms with Crippen molar-refractivity contribution in [3.05, 3.63) is 0 Å². The second-order valence-corrected chi connectivity index (χ2v) is 3.79. The van der Waals surface area contributed by atoms with Gasteiger partial charge in [-0.05, 0) is 26.8 Å². The predicted molar refractivity (Wildman–Crippen MR) is 55.4 cm³/mol. The van der Waals surface area contributed by atoms with E-state index in [1.54, 1.807) is 7.11 Å². The topological polar surface area (TPSA) is 58.6 Å². The Morgan fingerprint density at radius 1 is 1.64 bits per heavy atom. The molecule has 0 aromatic carbocycles. The van der Waals surface area contributed by atoms with Crippen molar-refractivity contribution in [2.75, 3.05) is 13.7 Å². The van der Waals surface area contributed by atoms with Gasteiger partial charge in [0.15, 0.2) is 0 Å². The summed E-state index contributed by atoms with van der Waals surface area (Å²) in [5.74, 6) is -0.806. The minimum Gasteiger partial charge on any atom is -0.481 e. The average Bonchev–Trinajstić information content (AvgIpc) is 2.12. The van der Waals surface area contributed by atoms with Crippen molar-refractivity contribution in [2.45, 2.75) is 45.3 Å². The standard InChI is InChI=1S/C10H21NO3/c1-5-6-11-10(3,7-9(12)13)8(2)14-4/h8,11H,5-7H2,1-4H3,(H,12,13). The molecule has 0 fully saturated rings. The number of carboxylic acids is 1. The van der Waals surface area contributed by atoms with Crippen LogP contribution in [0.4, 0.5) is 0 Å². The molecule has 84 valence electrons. The molecule has 2 unspecified atom stereocenters. The first-order valence-electron chi connectivity index (χ1n) is 4.96. The van der Waals surface area contributed by atoms with Crippen LogP contribution in [-0.2, 0) is 9.53 Å². The summed E-state index contributed by atoms with van der Waals surface area (Å²) in [6.07, 6.45) is 0.929. The van der Waals surface area contributed by atoms with Crippen molar-refractivity contribution < 1.29 is 14.6 Å². The van der Waals surface area contributed by atoms with Crippen molar-refractivity contribution in [3.8, 4) is 0 Å². The van der Waals surface area contributed by atoms with Crippen LogP contribution in [-0.4, -0.2) is 36.4 Å².